The highest BCUT2D eigenvalue weighted by Crippen LogP contribution is 2.37. The second-order valence-corrected chi connectivity index (χ2v) is 10.1. The number of benzene rings is 2. The molecule has 192 valence electrons. The molecule has 0 bridgehead atoms. The van der Waals surface area contributed by atoms with Gasteiger partial charge in [-0.05, 0) is 55.7 Å². The Hall–Kier alpha value is -2.80. The van der Waals surface area contributed by atoms with Gasteiger partial charge < -0.3 is 10.6 Å². The van der Waals surface area contributed by atoms with E-state index in [9.17, 15) is 39.6 Å². The Morgan fingerprint density at radius 3 is 2.03 bits per heavy atom. The Morgan fingerprint density at radius 2 is 1.49 bits per heavy atom. The smallest absolute Gasteiger partial charge is 0.376 e. The molecule has 0 atom stereocenters. The topological polar surface area (TPSA) is 78.5 Å². The van der Waals surface area contributed by atoms with Crippen molar-refractivity contribution in [3.8, 4) is 0 Å². The highest BCUT2D eigenvalue weighted by atomic mass is 32.2. The van der Waals surface area contributed by atoms with E-state index < -0.39 is 51.6 Å². The predicted octanol–water partition coefficient (Wildman–Crippen LogP) is 5.26. The van der Waals surface area contributed by atoms with Gasteiger partial charge in [-0.15, -0.1) is 0 Å². The van der Waals surface area contributed by atoms with Gasteiger partial charge in [0.1, 0.15) is 0 Å². The van der Waals surface area contributed by atoms with E-state index in [4.69, 9.17) is 0 Å². The first-order valence-electron chi connectivity index (χ1n) is 10.6. The Morgan fingerprint density at radius 1 is 0.914 bits per heavy atom. The van der Waals surface area contributed by atoms with Crippen molar-refractivity contribution >= 4 is 27.3 Å². The lowest BCUT2D eigenvalue weighted by molar-refractivity contribution is -0.143. The van der Waals surface area contributed by atoms with E-state index >= 15 is 0 Å². The monoisotopic (exact) mass is 523 g/mol. The summed E-state index contributed by atoms with van der Waals surface area (Å²) in [5.74, 6) is -0.916. The van der Waals surface area contributed by atoms with Crippen LogP contribution in [0.1, 0.15) is 36.0 Å². The first kappa shape index (κ1) is 26.8. The maximum Gasteiger partial charge on any atom is 0.416 e. The van der Waals surface area contributed by atoms with Crippen molar-refractivity contribution in [2.75, 3.05) is 30.3 Å². The van der Waals surface area contributed by atoms with Crippen LogP contribution >= 0.6 is 0 Å². The maximum absolute atomic E-state index is 13.0. The summed E-state index contributed by atoms with van der Waals surface area (Å²) in [4.78, 5) is 12.3. The molecule has 0 saturated carbocycles. The molecular weight excluding hydrogens is 500 g/mol. The third-order valence-electron chi connectivity index (χ3n) is 5.47. The molecule has 2 aromatic rings. The van der Waals surface area contributed by atoms with Crippen LogP contribution in [-0.2, 0) is 27.2 Å². The van der Waals surface area contributed by atoms with E-state index in [0.29, 0.717) is 36.5 Å². The molecule has 13 heteroatoms. The lowest BCUT2D eigenvalue weighted by atomic mass is 10.1. The summed E-state index contributed by atoms with van der Waals surface area (Å²) in [6.07, 6.45) is -7.64. The van der Waals surface area contributed by atoms with Crippen LogP contribution in [0.2, 0.25) is 0 Å². The van der Waals surface area contributed by atoms with Crippen LogP contribution in [0.5, 0.6) is 0 Å². The predicted molar refractivity (Wildman–Crippen MR) is 117 cm³/mol. The van der Waals surface area contributed by atoms with Crippen molar-refractivity contribution in [2.24, 2.45) is 0 Å². The maximum atomic E-state index is 13.0. The molecule has 0 radical (unpaired) electrons. The zero-order chi connectivity index (χ0) is 26.0. The highest BCUT2D eigenvalue weighted by Gasteiger charge is 2.37. The summed E-state index contributed by atoms with van der Waals surface area (Å²) in [6, 6.07) is 5.10. The molecule has 1 aliphatic heterocycles. The zero-order valence-electron chi connectivity index (χ0n) is 18.6. The Bertz CT molecular complexity index is 1160. The quantitative estimate of drug-likeness (QED) is 0.507. The number of alkyl halides is 6. The van der Waals surface area contributed by atoms with E-state index in [1.165, 1.54) is 16.4 Å². The number of halogens is 6. The first-order valence-corrected chi connectivity index (χ1v) is 12.1. The number of hydrogen-bond donors (Lipinski definition) is 2. The van der Waals surface area contributed by atoms with Gasteiger partial charge in [0, 0.05) is 24.5 Å². The summed E-state index contributed by atoms with van der Waals surface area (Å²) in [6.45, 7) is 1.93. The zero-order valence-corrected chi connectivity index (χ0v) is 19.4. The molecular formula is C22H23F6N3O3S. The fourth-order valence-electron chi connectivity index (χ4n) is 3.61. The van der Waals surface area contributed by atoms with E-state index in [1.54, 1.807) is 13.0 Å². The lowest BCUT2D eigenvalue weighted by Gasteiger charge is -2.26. The Kier molecular flexibility index (Phi) is 7.70. The average Bonchev–Trinajstić information content (AvgIpc) is 2.77. The molecule has 3 rings (SSSR count). The largest absolute Gasteiger partial charge is 0.416 e. The van der Waals surface area contributed by atoms with Crippen LogP contribution in [0.15, 0.2) is 41.3 Å². The molecule has 2 N–H and O–H groups in total. The fraction of sp³-hybridized carbons (Fsp3) is 0.409. The van der Waals surface area contributed by atoms with Crippen molar-refractivity contribution in [1.29, 1.82) is 0 Å². The number of nitrogens with zero attached hydrogens (tertiary/aromatic N) is 1. The molecule has 1 heterocycles. The standard InChI is InChI=1S/C22H23F6N3O3S/c1-14-5-6-18(35(33,34)31-7-3-2-4-8-31)12-19(14)29-13-20(32)30-17-10-15(21(23,24)25)9-16(11-17)22(26,27)28/h5-6,9-12,29H,2-4,7-8,13H2,1H3,(H,30,32). The molecule has 1 fully saturated rings. The molecule has 0 unspecified atom stereocenters. The van der Waals surface area contributed by atoms with Gasteiger partial charge in [0.05, 0.1) is 22.6 Å². The van der Waals surface area contributed by atoms with Crippen molar-refractivity contribution in [3.63, 3.8) is 0 Å². The summed E-state index contributed by atoms with van der Waals surface area (Å²) < 4.78 is 105. The fourth-order valence-corrected chi connectivity index (χ4v) is 5.16. The number of sulfonamides is 1. The minimum absolute atomic E-state index is 0.0144. The molecule has 2 aromatic carbocycles. The second-order valence-electron chi connectivity index (χ2n) is 8.14. The number of piperidine rings is 1. The number of rotatable bonds is 6. The molecule has 1 aliphatic rings. The van der Waals surface area contributed by atoms with Gasteiger partial charge in [-0.3, -0.25) is 4.79 Å². The SMILES string of the molecule is Cc1ccc(S(=O)(=O)N2CCCCC2)cc1NCC(=O)Nc1cc(C(F)(F)F)cc(C(F)(F)F)c1. The summed E-state index contributed by atoms with van der Waals surface area (Å²) in [7, 11) is -3.75. The third-order valence-corrected chi connectivity index (χ3v) is 7.37. The summed E-state index contributed by atoms with van der Waals surface area (Å²) >= 11 is 0. The minimum atomic E-state index is -5.05. The highest BCUT2D eigenvalue weighted by molar-refractivity contribution is 7.89. The van der Waals surface area contributed by atoms with Crippen LogP contribution in [0.4, 0.5) is 37.7 Å². The van der Waals surface area contributed by atoms with E-state index in [0.717, 1.165) is 19.3 Å². The van der Waals surface area contributed by atoms with E-state index in [1.807, 2.05) is 5.32 Å². The lowest BCUT2D eigenvalue weighted by Crippen LogP contribution is -2.35. The molecule has 0 spiro atoms. The van der Waals surface area contributed by atoms with Crippen LogP contribution < -0.4 is 10.6 Å². The van der Waals surface area contributed by atoms with Gasteiger partial charge >= 0.3 is 12.4 Å². The van der Waals surface area contributed by atoms with Crippen molar-refractivity contribution in [1.82, 2.24) is 4.31 Å². The molecule has 35 heavy (non-hydrogen) atoms. The molecule has 0 aromatic heterocycles. The van der Waals surface area contributed by atoms with Gasteiger partial charge in [0.15, 0.2) is 0 Å². The van der Waals surface area contributed by atoms with Gasteiger partial charge in [0.2, 0.25) is 15.9 Å². The van der Waals surface area contributed by atoms with E-state index in [2.05, 4.69) is 5.32 Å². The number of carbonyl (C=O) groups excluding carboxylic acids is 1. The van der Waals surface area contributed by atoms with Crippen LogP contribution in [0, 0.1) is 6.92 Å². The van der Waals surface area contributed by atoms with Gasteiger partial charge in [-0.25, -0.2) is 8.42 Å². The molecule has 1 amide bonds. The van der Waals surface area contributed by atoms with Crippen molar-refractivity contribution < 1.29 is 39.6 Å². The van der Waals surface area contributed by atoms with E-state index in [-0.39, 0.29) is 11.0 Å². The molecule has 0 aliphatic carbocycles. The number of anilines is 2. The first-order chi connectivity index (χ1) is 16.2. The molecule has 1 saturated heterocycles. The normalized spacial score (nSPS) is 15.6. The van der Waals surface area contributed by atoms with Crippen molar-refractivity contribution in [3.05, 3.63) is 53.1 Å². The summed E-state index contributed by atoms with van der Waals surface area (Å²) in [5.41, 5.74) is -2.90. The Balaban J connectivity index is 1.75. The van der Waals surface area contributed by atoms with Crippen LogP contribution in [-0.4, -0.2) is 38.3 Å². The Labute approximate surface area is 198 Å². The number of hydrogen-bond acceptors (Lipinski definition) is 4. The van der Waals surface area contributed by atoms with Crippen LogP contribution in [0.25, 0.3) is 0 Å². The minimum Gasteiger partial charge on any atom is -0.376 e. The van der Waals surface area contributed by atoms with Crippen molar-refractivity contribution in [2.45, 2.75) is 43.4 Å². The van der Waals surface area contributed by atoms with Gasteiger partial charge in [-0.2, -0.15) is 30.6 Å². The number of amides is 1. The summed E-state index contributed by atoms with van der Waals surface area (Å²) in [5, 5.41) is 4.72. The van der Waals surface area contributed by atoms with Gasteiger partial charge in [0.25, 0.3) is 0 Å². The number of nitrogens with one attached hydrogen (secondary N) is 2. The van der Waals surface area contributed by atoms with Gasteiger partial charge in [-0.1, -0.05) is 12.5 Å². The molecule has 6 nitrogen and oxygen atoms in total. The number of carbonyl (C=O) groups is 1. The average molecular weight is 523 g/mol. The second kappa shape index (κ2) is 10.1. The number of aryl methyl sites for hydroxylation is 1. The van der Waals surface area contributed by atoms with Crippen LogP contribution in [0.3, 0.4) is 0 Å². The third kappa shape index (κ3) is 6.66.